The van der Waals surface area contributed by atoms with E-state index in [1.54, 1.807) is 18.6 Å². The Morgan fingerprint density at radius 1 is 0.139 bits per heavy atom. The van der Waals surface area contributed by atoms with Crippen molar-refractivity contribution < 1.29 is 0 Å². The smallest absolute Gasteiger partial charge is 0.164 e. The summed E-state index contributed by atoms with van der Waals surface area (Å²) < 4.78 is 0. The Morgan fingerprint density at radius 2 is 0.426 bits per heavy atom. The summed E-state index contributed by atoms with van der Waals surface area (Å²) in [6.45, 7) is 0. The van der Waals surface area contributed by atoms with Crippen molar-refractivity contribution >= 4 is 119 Å². The Balaban J connectivity index is 0.645. The summed E-state index contributed by atoms with van der Waals surface area (Å²) in [6.07, 6.45) is 7.16. The maximum Gasteiger partial charge on any atom is 0.164 e. The Kier molecular flexibility index (Phi) is 16.4. The second-order valence-corrected chi connectivity index (χ2v) is 31.7. The van der Waals surface area contributed by atoms with Gasteiger partial charge in [0.1, 0.15) is 0 Å². The van der Waals surface area contributed by atoms with Crippen LogP contribution in [0.5, 0.6) is 0 Å². The lowest BCUT2D eigenvalue weighted by atomic mass is 9.89. The van der Waals surface area contributed by atoms with E-state index in [9.17, 15) is 0 Å². The van der Waals surface area contributed by atoms with Gasteiger partial charge < -0.3 is 0 Å². The van der Waals surface area contributed by atoms with Gasteiger partial charge in [-0.15, -0.1) is 0 Å². The van der Waals surface area contributed by atoms with Crippen LogP contribution in [-0.4, -0.2) is 44.9 Å². The third kappa shape index (κ3) is 12.5. The summed E-state index contributed by atoms with van der Waals surface area (Å²) in [5.41, 5.74) is 19.8. The lowest BCUT2D eigenvalue weighted by Crippen LogP contribution is -2.01. The van der Waals surface area contributed by atoms with Crippen LogP contribution in [0.3, 0.4) is 0 Å². The van der Waals surface area contributed by atoms with Crippen LogP contribution < -0.4 is 0 Å². The lowest BCUT2D eigenvalue weighted by Gasteiger charge is -2.16. The molecule has 0 saturated carbocycles. The van der Waals surface area contributed by atoms with E-state index in [0.29, 0.717) is 34.9 Å². The topological polar surface area (TPSA) is 116 Å². The minimum atomic E-state index is 0.560. The summed E-state index contributed by atoms with van der Waals surface area (Å²) in [4.78, 5) is 46.3. The standard InChI is InChI=1S/C113H67N9/c1-2-16-70(17-3-1)108-117-111(86-44-41-78-65-106-107(66-89(78)53-86)116-47-46-115-106)122-112(119-108)94-56-92(99-33-12-26-81-50-74-20-6-9-23-77(74)62-103(81)99)55-93(59-94)100-34-14-28-83-63-104-82(64-105(83)100)27-13-30-96(104)84-42-37-69-38-43-85(52-88(69)51-84)110-118-109(71-39-35-68(36-40-71)87-29-15-45-114-67-87)120-113(121-110)95-57-90(97-31-10-24-79-48-72-18-4-7-21-75(72)60-101(79)97)54-91(58-95)98-32-11-25-80-49-73-19-5-8-22-76(73)61-102(80)98/h1-67H. The molecule has 20 aromatic carbocycles. The summed E-state index contributed by atoms with van der Waals surface area (Å²) >= 11 is 0. The molecule has 0 unspecified atom stereocenters. The Morgan fingerprint density at radius 3 is 0.852 bits per heavy atom. The highest BCUT2D eigenvalue weighted by atomic mass is 15.0. The van der Waals surface area contributed by atoms with Crippen LogP contribution in [0.25, 0.3) is 254 Å². The third-order valence-electron chi connectivity index (χ3n) is 24.3. The monoisotopic (exact) mass is 1550 g/mol. The van der Waals surface area contributed by atoms with Crippen molar-refractivity contribution in [3.05, 3.63) is 407 Å². The molecule has 9 nitrogen and oxygen atoms in total. The number of benzene rings is 20. The van der Waals surface area contributed by atoms with Gasteiger partial charge in [-0.1, -0.05) is 261 Å². The van der Waals surface area contributed by atoms with E-state index in [1.807, 2.05) is 30.5 Å². The van der Waals surface area contributed by atoms with Crippen molar-refractivity contribution in [1.82, 2.24) is 44.9 Å². The van der Waals surface area contributed by atoms with E-state index in [2.05, 4.69) is 373 Å². The number of aromatic nitrogens is 9. The molecule has 0 amide bonds. The van der Waals surface area contributed by atoms with E-state index >= 15 is 0 Å². The van der Waals surface area contributed by atoms with Gasteiger partial charge >= 0.3 is 0 Å². The van der Waals surface area contributed by atoms with Crippen molar-refractivity contribution in [3.8, 4) is 135 Å². The normalized spacial score (nSPS) is 11.8. The van der Waals surface area contributed by atoms with E-state index in [0.717, 1.165) is 165 Å². The molecule has 24 rings (SSSR count). The van der Waals surface area contributed by atoms with Crippen molar-refractivity contribution in [1.29, 1.82) is 0 Å². The quantitative estimate of drug-likeness (QED) is 0.110. The van der Waals surface area contributed by atoms with Crippen LogP contribution in [0.1, 0.15) is 0 Å². The number of rotatable bonds is 12. The number of pyridine rings is 1. The van der Waals surface area contributed by atoms with Gasteiger partial charge in [0.05, 0.1) is 11.0 Å². The molecule has 0 fully saturated rings. The number of hydrogen-bond acceptors (Lipinski definition) is 9. The molecule has 0 spiro atoms. The molecule has 122 heavy (non-hydrogen) atoms. The van der Waals surface area contributed by atoms with Gasteiger partial charge in [-0.3, -0.25) is 15.0 Å². The van der Waals surface area contributed by atoms with Gasteiger partial charge in [0.15, 0.2) is 34.9 Å². The molecule has 0 radical (unpaired) electrons. The largest absolute Gasteiger partial charge is 0.264 e. The molecule has 0 aliphatic carbocycles. The average Bonchev–Trinajstić information content (AvgIpc) is 0.752. The molecule has 564 valence electrons. The highest BCUT2D eigenvalue weighted by Crippen LogP contribution is 2.45. The Hall–Kier alpha value is -16.5. The first-order valence-corrected chi connectivity index (χ1v) is 41.1. The molecular weight excluding hydrogens is 1480 g/mol. The van der Waals surface area contributed by atoms with E-state index in [1.165, 1.54) is 53.9 Å². The van der Waals surface area contributed by atoms with Crippen LogP contribution in [-0.2, 0) is 0 Å². The maximum atomic E-state index is 5.59. The third-order valence-corrected chi connectivity index (χ3v) is 24.3. The Labute approximate surface area is 701 Å². The predicted molar refractivity (Wildman–Crippen MR) is 504 cm³/mol. The lowest BCUT2D eigenvalue weighted by molar-refractivity contribution is 1.07. The first-order chi connectivity index (χ1) is 60.3. The molecule has 24 aromatic rings. The molecule has 0 bridgehead atoms. The summed E-state index contributed by atoms with van der Waals surface area (Å²) in [7, 11) is 0. The summed E-state index contributed by atoms with van der Waals surface area (Å²) in [5, 5.41) is 22.8. The van der Waals surface area contributed by atoms with Gasteiger partial charge in [0, 0.05) is 58.2 Å². The average molecular weight is 1550 g/mol. The number of hydrogen-bond donors (Lipinski definition) is 0. The zero-order chi connectivity index (χ0) is 80.3. The van der Waals surface area contributed by atoms with Crippen LogP contribution in [0.2, 0.25) is 0 Å². The SMILES string of the molecule is c1ccc(-c2nc(-c3cc(-c4cccc5cc6ccccc6cc45)cc(-c4cccc5cc6c(-c7ccc8ccc(-c9nc(-c%10ccc(-c%11cccnc%11)cc%10)nc(-c%10cc(-c%11cccc%12cc%13ccccc%13cc%11%12)cc(-c%11cccc%12cc%13ccccc%13cc%11%12)c%10)n9)cc8c7)cccc6cc45)c3)nc(-c3ccc4cc5nccnc5cc4c3)n2)cc1. The highest BCUT2D eigenvalue weighted by molar-refractivity contribution is 6.13. The van der Waals surface area contributed by atoms with Gasteiger partial charge in [0.2, 0.25) is 0 Å². The fourth-order valence-electron chi connectivity index (χ4n) is 18.2. The van der Waals surface area contributed by atoms with Crippen LogP contribution >= 0.6 is 0 Å². The summed E-state index contributed by atoms with van der Waals surface area (Å²) in [5.74, 6) is 3.39. The van der Waals surface area contributed by atoms with Gasteiger partial charge in [-0.2, -0.15) is 0 Å². The molecular formula is C113H67N9. The Bertz CT molecular complexity index is 8320. The molecule has 9 heteroatoms. The minimum absolute atomic E-state index is 0.560. The second kappa shape index (κ2) is 28.7. The first kappa shape index (κ1) is 69.8. The minimum Gasteiger partial charge on any atom is -0.264 e. The zero-order valence-electron chi connectivity index (χ0n) is 65.7. The molecule has 0 atom stereocenters. The first-order valence-electron chi connectivity index (χ1n) is 41.1. The van der Waals surface area contributed by atoms with Crippen molar-refractivity contribution in [2.75, 3.05) is 0 Å². The predicted octanol–water partition coefficient (Wildman–Crippen LogP) is 28.9. The molecule has 4 aromatic heterocycles. The molecule has 0 aliphatic rings. The van der Waals surface area contributed by atoms with E-state index in [4.69, 9.17) is 29.9 Å². The molecule has 0 saturated heterocycles. The van der Waals surface area contributed by atoms with Crippen molar-refractivity contribution in [3.63, 3.8) is 0 Å². The number of nitrogens with zero attached hydrogens (tertiary/aromatic N) is 9. The molecule has 0 aliphatic heterocycles. The zero-order valence-corrected chi connectivity index (χ0v) is 65.7. The van der Waals surface area contributed by atoms with Crippen molar-refractivity contribution in [2.45, 2.75) is 0 Å². The fourth-order valence-corrected chi connectivity index (χ4v) is 18.2. The van der Waals surface area contributed by atoms with E-state index in [-0.39, 0.29) is 0 Å². The second-order valence-electron chi connectivity index (χ2n) is 31.7. The van der Waals surface area contributed by atoms with Gasteiger partial charge in [-0.05, 0) is 296 Å². The van der Waals surface area contributed by atoms with Gasteiger partial charge in [0.25, 0.3) is 0 Å². The molecule has 4 heterocycles. The van der Waals surface area contributed by atoms with Crippen LogP contribution in [0.4, 0.5) is 0 Å². The van der Waals surface area contributed by atoms with Gasteiger partial charge in [-0.25, -0.2) is 29.9 Å². The number of fused-ring (bicyclic) bond motifs is 11. The van der Waals surface area contributed by atoms with Crippen molar-refractivity contribution in [2.24, 2.45) is 0 Å². The van der Waals surface area contributed by atoms with Crippen LogP contribution in [0, 0.1) is 0 Å². The molecule has 0 N–H and O–H groups in total. The van der Waals surface area contributed by atoms with Crippen LogP contribution in [0.15, 0.2) is 407 Å². The maximum absolute atomic E-state index is 5.59. The fraction of sp³-hybridized carbons (Fsp3) is 0. The highest BCUT2D eigenvalue weighted by Gasteiger charge is 2.23. The van der Waals surface area contributed by atoms with E-state index < -0.39 is 0 Å². The summed E-state index contributed by atoms with van der Waals surface area (Å²) in [6, 6.07) is 138.